The van der Waals surface area contributed by atoms with Crippen molar-refractivity contribution in [2.45, 2.75) is 66.0 Å². The van der Waals surface area contributed by atoms with Gasteiger partial charge < -0.3 is 10.6 Å². The number of hydrogen-bond acceptors (Lipinski definition) is 4. The van der Waals surface area contributed by atoms with Gasteiger partial charge >= 0.3 is 0 Å². The van der Waals surface area contributed by atoms with Crippen LogP contribution in [-0.4, -0.2) is 17.6 Å². The molecular weight excluding hydrogens is 278 g/mol. The van der Waals surface area contributed by atoms with E-state index >= 15 is 0 Å². The summed E-state index contributed by atoms with van der Waals surface area (Å²) in [6.45, 7) is 12.8. The van der Waals surface area contributed by atoms with Crippen LogP contribution < -0.4 is 10.6 Å². The monoisotopic (exact) mass is 307 g/mol. The van der Waals surface area contributed by atoms with Crippen LogP contribution in [-0.2, 0) is 6.42 Å². The second kappa shape index (κ2) is 5.24. The zero-order valence-corrected chi connectivity index (χ0v) is 14.8. The van der Waals surface area contributed by atoms with E-state index in [9.17, 15) is 0 Å². The summed E-state index contributed by atoms with van der Waals surface area (Å²) in [6.07, 6.45) is 3.47. The maximum absolute atomic E-state index is 6.41. The number of fused-ring (bicyclic) bond motifs is 1. The van der Waals surface area contributed by atoms with Gasteiger partial charge in [0.25, 0.3) is 0 Å². The van der Waals surface area contributed by atoms with Crippen LogP contribution in [0.1, 0.15) is 64.1 Å². The first kappa shape index (κ1) is 15.3. The number of rotatable bonds is 1. The molecule has 4 heteroatoms. The number of anilines is 1. The quantitative estimate of drug-likeness (QED) is 0.853. The van der Waals surface area contributed by atoms with Crippen LogP contribution in [0.15, 0.2) is 0 Å². The third-order valence-corrected chi connectivity index (χ3v) is 6.58. The van der Waals surface area contributed by atoms with Crippen molar-refractivity contribution in [3.8, 4) is 0 Å². The first-order valence-corrected chi connectivity index (χ1v) is 9.10. The van der Waals surface area contributed by atoms with Gasteiger partial charge in [0.1, 0.15) is 0 Å². The van der Waals surface area contributed by atoms with E-state index in [0.717, 1.165) is 31.2 Å². The molecule has 1 aliphatic carbocycles. The summed E-state index contributed by atoms with van der Waals surface area (Å²) in [5.74, 6) is 1.49. The Morgan fingerprint density at radius 2 is 2.00 bits per heavy atom. The summed E-state index contributed by atoms with van der Waals surface area (Å²) >= 11 is 1.85. The van der Waals surface area contributed by atoms with Gasteiger partial charge in [0.15, 0.2) is 5.13 Å². The molecule has 118 valence electrons. The third-order valence-electron chi connectivity index (χ3n) is 5.31. The lowest BCUT2D eigenvalue weighted by molar-refractivity contribution is 0.281. The molecule has 0 radical (unpaired) electrons. The second-order valence-electron chi connectivity index (χ2n) is 8.17. The van der Waals surface area contributed by atoms with Gasteiger partial charge in [-0.15, -0.1) is 0 Å². The van der Waals surface area contributed by atoms with Crippen molar-refractivity contribution in [3.05, 3.63) is 10.6 Å². The molecule has 1 aromatic heterocycles. The van der Waals surface area contributed by atoms with E-state index in [1.807, 2.05) is 11.3 Å². The fraction of sp³-hybridized carbons (Fsp3) is 0.824. The molecule has 3 nitrogen and oxygen atoms in total. The topological polar surface area (TPSA) is 42.2 Å². The van der Waals surface area contributed by atoms with Crippen molar-refractivity contribution < 1.29 is 0 Å². The predicted octanol–water partition coefficient (Wildman–Crippen LogP) is 3.99. The van der Waals surface area contributed by atoms with Gasteiger partial charge in [-0.3, -0.25) is 0 Å². The molecule has 2 N–H and O–H groups in total. The van der Waals surface area contributed by atoms with Crippen molar-refractivity contribution in [1.82, 2.24) is 4.98 Å². The average molecular weight is 308 g/mol. The molecule has 3 rings (SSSR count). The van der Waals surface area contributed by atoms with Crippen molar-refractivity contribution >= 4 is 16.5 Å². The van der Waals surface area contributed by atoms with Crippen molar-refractivity contribution in [2.75, 3.05) is 11.4 Å². The molecular formula is C17H29N3S. The summed E-state index contributed by atoms with van der Waals surface area (Å²) in [6, 6.07) is 0.753. The summed E-state index contributed by atoms with van der Waals surface area (Å²) in [4.78, 5) is 8.87. The van der Waals surface area contributed by atoms with Crippen molar-refractivity contribution in [3.63, 3.8) is 0 Å². The van der Waals surface area contributed by atoms with Gasteiger partial charge in [-0.25, -0.2) is 4.98 Å². The molecule has 4 unspecified atom stereocenters. The number of aromatic nitrogens is 1. The Kier molecular flexibility index (Phi) is 3.81. The van der Waals surface area contributed by atoms with E-state index in [1.54, 1.807) is 0 Å². The highest BCUT2D eigenvalue weighted by atomic mass is 32.1. The van der Waals surface area contributed by atoms with E-state index in [1.165, 1.54) is 22.1 Å². The van der Waals surface area contributed by atoms with Crippen molar-refractivity contribution in [1.29, 1.82) is 0 Å². The first-order valence-electron chi connectivity index (χ1n) is 8.28. The van der Waals surface area contributed by atoms with Gasteiger partial charge in [-0.1, -0.05) is 39.0 Å². The largest absolute Gasteiger partial charge is 0.345 e. The van der Waals surface area contributed by atoms with Crippen LogP contribution in [0, 0.1) is 17.3 Å². The first-order chi connectivity index (χ1) is 9.77. The molecule has 0 bridgehead atoms. The third kappa shape index (κ3) is 2.85. The Bertz CT molecular complexity index is 522. The van der Waals surface area contributed by atoms with Crippen LogP contribution in [0.5, 0.6) is 0 Å². The van der Waals surface area contributed by atoms with Gasteiger partial charge in [-0.2, -0.15) is 0 Å². The summed E-state index contributed by atoms with van der Waals surface area (Å²) < 4.78 is 0. The minimum atomic E-state index is 0.171. The number of nitrogens with two attached hydrogens (primary N) is 1. The lowest BCUT2D eigenvalue weighted by atomic mass is 9.77. The number of thiazole rings is 1. The van der Waals surface area contributed by atoms with Crippen LogP contribution >= 0.6 is 11.3 Å². The molecule has 2 heterocycles. The Balaban J connectivity index is 1.91. The highest BCUT2D eigenvalue weighted by Gasteiger charge is 2.36. The lowest BCUT2D eigenvalue weighted by Crippen LogP contribution is -2.45. The lowest BCUT2D eigenvalue weighted by Gasteiger charge is -2.41. The fourth-order valence-electron chi connectivity index (χ4n) is 4.07. The number of piperidine rings is 1. The molecule has 4 atom stereocenters. The highest BCUT2D eigenvalue weighted by Crippen LogP contribution is 2.44. The smallest absolute Gasteiger partial charge is 0.186 e. The Hall–Kier alpha value is -0.610. The summed E-state index contributed by atoms with van der Waals surface area (Å²) in [7, 11) is 0. The Labute approximate surface area is 132 Å². The van der Waals surface area contributed by atoms with Crippen LogP contribution in [0.3, 0.4) is 0 Å². The molecule has 0 saturated carbocycles. The van der Waals surface area contributed by atoms with Gasteiger partial charge in [0.2, 0.25) is 0 Å². The molecule has 1 aliphatic heterocycles. The summed E-state index contributed by atoms with van der Waals surface area (Å²) in [5.41, 5.74) is 7.95. The van der Waals surface area contributed by atoms with E-state index in [-0.39, 0.29) is 11.5 Å². The van der Waals surface area contributed by atoms with Crippen LogP contribution in [0.25, 0.3) is 0 Å². The second-order valence-corrected chi connectivity index (χ2v) is 9.18. The zero-order chi connectivity index (χ0) is 15.4. The molecule has 0 spiro atoms. The van der Waals surface area contributed by atoms with Crippen molar-refractivity contribution in [2.24, 2.45) is 23.0 Å². The molecule has 1 fully saturated rings. The Morgan fingerprint density at radius 1 is 1.29 bits per heavy atom. The maximum Gasteiger partial charge on any atom is 0.186 e. The SMILES string of the molecule is CC1CC(C)C(C)N(c2nc3c(s2)C(N)CC(C)(C)C3)C1. The standard InChI is InChI=1S/C17H29N3S/c1-10-6-11(2)12(3)20(9-10)16-19-14-8-17(4,5)7-13(18)15(14)21-16/h10-13H,6-9,18H2,1-5H3. The van der Waals surface area contributed by atoms with E-state index < -0.39 is 0 Å². The zero-order valence-electron chi connectivity index (χ0n) is 14.0. The fourth-order valence-corrected chi connectivity index (χ4v) is 5.25. The van der Waals surface area contributed by atoms with Gasteiger partial charge in [-0.05, 0) is 43.4 Å². The van der Waals surface area contributed by atoms with E-state index in [0.29, 0.717) is 6.04 Å². The molecule has 21 heavy (non-hydrogen) atoms. The number of nitrogens with zero attached hydrogens (tertiary/aromatic N) is 2. The highest BCUT2D eigenvalue weighted by molar-refractivity contribution is 7.15. The summed E-state index contributed by atoms with van der Waals surface area (Å²) in [5, 5.41) is 1.21. The molecule has 0 aromatic carbocycles. The van der Waals surface area contributed by atoms with Crippen LogP contribution in [0.4, 0.5) is 5.13 Å². The molecule has 2 aliphatic rings. The van der Waals surface area contributed by atoms with E-state index in [4.69, 9.17) is 10.7 Å². The molecule has 1 aromatic rings. The minimum Gasteiger partial charge on any atom is -0.345 e. The molecule has 1 saturated heterocycles. The number of hydrogen-bond donors (Lipinski definition) is 1. The van der Waals surface area contributed by atoms with Gasteiger partial charge in [0, 0.05) is 23.5 Å². The van der Waals surface area contributed by atoms with Crippen LogP contribution in [0.2, 0.25) is 0 Å². The van der Waals surface area contributed by atoms with E-state index in [2.05, 4.69) is 39.5 Å². The maximum atomic E-state index is 6.41. The average Bonchev–Trinajstić information content (AvgIpc) is 2.76. The van der Waals surface area contributed by atoms with Gasteiger partial charge in [0.05, 0.1) is 5.69 Å². The minimum absolute atomic E-state index is 0.171. The predicted molar refractivity (Wildman–Crippen MR) is 90.9 cm³/mol. The Morgan fingerprint density at radius 3 is 2.71 bits per heavy atom. The normalized spacial score (nSPS) is 35.6. The molecule has 0 amide bonds.